The summed E-state index contributed by atoms with van der Waals surface area (Å²) in [5, 5.41) is 14.9. The molecule has 0 spiro atoms. The monoisotopic (exact) mass is 403 g/mol. The van der Waals surface area contributed by atoms with Gasteiger partial charge in [-0.25, -0.2) is 0 Å². The van der Waals surface area contributed by atoms with Gasteiger partial charge in [-0.15, -0.1) is 0 Å². The summed E-state index contributed by atoms with van der Waals surface area (Å²) < 4.78 is 0. The predicted octanol–water partition coefficient (Wildman–Crippen LogP) is 5.80. The average molecular weight is 404 g/mol. The van der Waals surface area contributed by atoms with Crippen LogP contribution in [0.1, 0.15) is 78.8 Å². The van der Waals surface area contributed by atoms with Crippen molar-refractivity contribution in [3.05, 3.63) is 44.7 Å². The van der Waals surface area contributed by atoms with Crippen molar-refractivity contribution in [1.29, 1.82) is 0 Å². The molecule has 5 heteroatoms. The van der Waals surface area contributed by atoms with Gasteiger partial charge in [-0.2, -0.15) is 12.6 Å². The largest absolute Gasteiger partial charge is 0.511 e. The minimum Gasteiger partial charge on any atom is -0.511 e. The molecule has 0 saturated carbocycles. The van der Waals surface area contributed by atoms with Crippen LogP contribution in [0.5, 0.6) is 0 Å². The van der Waals surface area contributed by atoms with E-state index in [1.807, 2.05) is 13.8 Å². The van der Waals surface area contributed by atoms with Crippen molar-refractivity contribution in [2.24, 2.45) is 5.16 Å². The van der Waals surface area contributed by atoms with Crippen molar-refractivity contribution in [2.75, 3.05) is 6.61 Å². The first kappa shape index (κ1) is 22.5. The number of hydrogen-bond acceptors (Lipinski definition) is 5. The Kier molecular flexibility index (Phi) is 7.76. The van der Waals surface area contributed by atoms with Gasteiger partial charge in [0.15, 0.2) is 5.78 Å². The van der Waals surface area contributed by atoms with Crippen LogP contribution in [-0.2, 0) is 15.4 Å². The molecule has 0 saturated heterocycles. The van der Waals surface area contributed by atoms with Gasteiger partial charge in [-0.3, -0.25) is 4.79 Å². The van der Waals surface area contributed by atoms with E-state index >= 15 is 0 Å². The van der Waals surface area contributed by atoms with Crippen molar-refractivity contribution in [1.82, 2.24) is 0 Å². The molecule has 0 heterocycles. The number of thiol groups is 1. The van der Waals surface area contributed by atoms with Crippen LogP contribution in [-0.4, -0.2) is 23.2 Å². The number of carbonyl (C=O) groups excluding carboxylic acids is 1. The van der Waals surface area contributed by atoms with Gasteiger partial charge >= 0.3 is 0 Å². The third kappa shape index (κ3) is 4.29. The number of ketones is 1. The van der Waals surface area contributed by atoms with Crippen LogP contribution in [0, 0.1) is 27.7 Å². The quantitative estimate of drug-likeness (QED) is 0.343. The minimum atomic E-state index is -0.0546. The Morgan fingerprint density at radius 1 is 1.11 bits per heavy atom. The summed E-state index contributed by atoms with van der Waals surface area (Å²) >= 11 is 4.56. The number of benzene rings is 1. The van der Waals surface area contributed by atoms with Gasteiger partial charge in [0, 0.05) is 18.6 Å². The molecule has 0 fully saturated rings. The fourth-order valence-corrected chi connectivity index (χ4v) is 4.60. The maximum absolute atomic E-state index is 13.0. The maximum Gasteiger partial charge on any atom is 0.168 e. The second-order valence-electron chi connectivity index (χ2n) is 7.61. The van der Waals surface area contributed by atoms with Gasteiger partial charge in [0.1, 0.15) is 12.4 Å². The first-order valence-corrected chi connectivity index (χ1v) is 10.8. The number of nitrogens with zero attached hydrogens (tertiary/aromatic N) is 1. The Bertz CT molecular complexity index is 824. The number of rotatable bonds is 7. The zero-order valence-electron chi connectivity index (χ0n) is 18.0. The fourth-order valence-electron chi connectivity index (χ4n) is 4.20. The van der Waals surface area contributed by atoms with Crippen molar-refractivity contribution in [3.63, 3.8) is 0 Å². The third-order valence-corrected chi connectivity index (χ3v) is 6.27. The highest BCUT2D eigenvalue weighted by atomic mass is 32.1. The lowest BCUT2D eigenvalue weighted by Gasteiger charge is -2.29. The normalized spacial score (nSPS) is 18.0. The summed E-state index contributed by atoms with van der Waals surface area (Å²) in [6.07, 6.45) is 2.26. The molecule has 1 aliphatic rings. The molecule has 0 bridgehead atoms. The highest BCUT2D eigenvalue weighted by Gasteiger charge is 2.33. The molecule has 0 amide bonds. The molecule has 4 nitrogen and oxygen atoms in total. The van der Waals surface area contributed by atoms with E-state index in [0.717, 1.165) is 6.42 Å². The summed E-state index contributed by atoms with van der Waals surface area (Å²) in [5.74, 6) is 0.666. The molecule has 28 heavy (non-hydrogen) atoms. The lowest BCUT2D eigenvalue weighted by molar-refractivity contribution is -0.116. The third-order valence-electron chi connectivity index (χ3n) is 5.95. The van der Waals surface area contributed by atoms with E-state index < -0.39 is 0 Å². The fraction of sp³-hybridized carbons (Fsp3) is 0.565. The number of allylic oxidation sites excluding steroid dienone is 2. The molecule has 2 rings (SSSR count). The van der Waals surface area contributed by atoms with Gasteiger partial charge in [0.25, 0.3) is 0 Å². The molecule has 1 aromatic rings. The molecule has 1 N–H and O–H groups in total. The molecule has 1 unspecified atom stereocenters. The van der Waals surface area contributed by atoms with E-state index in [1.54, 1.807) is 0 Å². The minimum absolute atomic E-state index is 0.0358. The number of aliphatic hydroxyl groups excluding tert-OH is 1. The Morgan fingerprint density at radius 2 is 1.75 bits per heavy atom. The number of aliphatic hydroxyl groups is 1. The zero-order valence-corrected chi connectivity index (χ0v) is 18.9. The van der Waals surface area contributed by atoms with Crippen molar-refractivity contribution in [2.45, 2.75) is 78.9 Å². The van der Waals surface area contributed by atoms with E-state index in [2.05, 4.69) is 45.5 Å². The number of carbonyl (C=O) groups is 1. The lowest BCUT2D eigenvalue weighted by atomic mass is 9.75. The average Bonchev–Trinajstić information content (AvgIpc) is 2.66. The Labute approximate surface area is 174 Å². The Hall–Kier alpha value is -1.75. The molecular formula is C23H33NO3S. The molecule has 1 aliphatic carbocycles. The molecule has 0 aliphatic heterocycles. The van der Waals surface area contributed by atoms with Gasteiger partial charge in [-0.05, 0) is 80.3 Å². The summed E-state index contributed by atoms with van der Waals surface area (Å²) in [6, 6.07) is 0. The van der Waals surface area contributed by atoms with Crippen LogP contribution in [0.2, 0.25) is 0 Å². The van der Waals surface area contributed by atoms with E-state index in [1.165, 1.54) is 33.4 Å². The smallest absolute Gasteiger partial charge is 0.168 e. The summed E-state index contributed by atoms with van der Waals surface area (Å²) in [5.41, 5.74) is 8.26. The van der Waals surface area contributed by atoms with Crippen molar-refractivity contribution < 1.29 is 14.7 Å². The van der Waals surface area contributed by atoms with E-state index in [-0.39, 0.29) is 17.5 Å². The Balaban J connectivity index is 2.52. The van der Waals surface area contributed by atoms with Crippen LogP contribution < -0.4 is 0 Å². The first-order chi connectivity index (χ1) is 13.3. The Morgan fingerprint density at radius 3 is 2.29 bits per heavy atom. The maximum atomic E-state index is 13.0. The van der Waals surface area contributed by atoms with Crippen LogP contribution in [0.4, 0.5) is 0 Å². The van der Waals surface area contributed by atoms with E-state index in [4.69, 9.17) is 4.84 Å². The SMILES string of the molecule is CCC/C(=N\OCC)C1=C(O)CC(c2c(C)c(C)c(C)c(C)c2CS)CC1=O. The van der Waals surface area contributed by atoms with Crippen LogP contribution in [0.15, 0.2) is 16.5 Å². The highest BCUT2D eigenvalue weighted by molar-refractivity contribution is 7.79. The molecular weight excluding hydrogens is 370 g/mol. The number of hydrogen-bond donors (Lipinski definition) is 2. The first-order valence-electron chi connectivity index (χ1n) is 10.1. The molecule has 0 aromatic heterocycles. The zero-order chi connectivity index (χ0) is 21.0. The van der Waals surface area contributed by atoms with Gasteiger partial charge < -0.3 is 9.94 Å². The molecule has 0 radical (unpaired) electrons. The predicted molar refractivity (Wildman–Crippen MR) is 119 cm³/mol. The van der Waals surface area contributed by atoms with Gasteiger partial charge in [0.2, 0.25) is 0 Å². The van der Waals surface area contributed by atoms with Crippen LogP contribution in [0.3, 0.4) is 0 Å². The van der Waals surface area contributed by atoms with E-state index in [0.29, 0.717) is 42.9 Å². The standard InChI is InChI=1S/C23H33NO3S/c1-7-9-19(24-27-8-2)23-20(25)10-17(11-21(23)26)22-16(6)14(4)13(3)15(5)18(22)12-28/h17,25,28H,7-12H2,1-6H3/b24-19+. The summed E-state index contributed by atoms with van der Waals surface area (Å²) in [7, 11) is 0. The summed E-state index contributed by atoms with van der Waals surface area (Å²) in [4.78, 5) is 18.2. The number of oxime groups is 1. The number of Topliss-reactive ketones (excluding diaryl/α,β-unsaturated/α-hetero) is 1. The van der Waals surface area contributed by atoms with Crippen molar-refractivity contribution >= 4 is 24.1 Å². The molecule has 154 valence electrons. The second kappa shape index (κ2) is 9.64. The highest BCUT2D eigenvalue weighted by Crippen LogP contribution is 2.41. The van der Waals surface area contributed by atoms with E-state index in [9.17, 15) is 9.90 Å². The lowest BCUT2D eigenvalue weighted by Crippen LogP contribution is -2.25. The molecule has 1 atom stereocenters. The van der Waals surface area contributed by atoms with Crippen LogP contribution >= 0.6 is 12.6 Å². The van der Waals surface area contributed by atoms with Crippen molar-refractivity contribution in [3.8, 4) is 0 Å². The van der Waals surface area contributed by atoms with Gasteiger partial charge in [0.05, 0.1) is 11.3 Å². The second-order valence-corrected chi connectivity index (χ2v) is 7.92. The topological polar surface area (TPSA) is 58.9 Å². The summed E-state index contributed by atoms with van der Waals surface area (Å²) in [6.45, 7) is 12.8. The molecule has 1 aromatic carbocycles. The van der Waals surface area contributed by atoms with Crippen LogP contribution in [0.25, 0.3) is 0 Å². The van der Waals surface area contributed by atoms with Gasteiger partial charge in [-0.1, -0.05) is 18.5 Å².